The van der Waals surface area contributed by atoms with Gasteiger partial charge < -0.3 is 5.32 Å². The average Bonchev–Trinajstić information content (AvgIpc) is 2.33. The molecular formula is C13H17ClN2O2S. The molecule has 4 nitrogen and oxygen atoms in total. The van der Waals surface area contributed by atoms with E-state index < -0.39 is 4.92 Å². The Balaban J connectivity index is 2.25. The van der Waals surface area contributed by atoms with Gasteiger partial charge in [0.2, 0.25) is 0 Å². The lowest BCUT2D eigenvalue weighted by atomic mass is 9.82. The van der Waals surface area contributed by atoms with Crippen molar-refractivity contribution in [3.8, 4) is 0 Å². The summed E-state index contributed by atoms with van der Waals surface area (Å²) in [4.78, 5) is 10.7. The number of nitro benzene ring substituents is 1. The highest BCUT2D eigenvalue weighted by Crippen LogP contribution is 2.38. The Morgan fingerprint density at radius 2 is 2.26 bits per heavy atom. The van der Waals surface area contributed by atoms with Crippen molar-refractivity contribution in [2.75, 3.05) is 16.8 Å². The van der Waals surface area contributed by atoms with Gasteiger partial charge in [0.25, 0.3) is 5.69 Å². The van der Waals surface area contributed by atoms with Gasteiger partial charge in [0.1, 0.15) is 5.69 Å². The molecule has 2 rings (SSSR count). The SMILES string of the molecule is CC1(C)CCSCC1Nc1ccc(Cl)cc1[N+](=O)[O-]. The average molecular weight is 301 g/mol. The summed E-state index contributed by atoms with van der Waals surface area (Å²) in [6, 6.07) is 4.99. The van der Waals surface area contributed by atoms with Crippen molar-refractivity contribution < 1.29 is 4.92 Å². The molecule has 0 aliphatic carbocycles. The fourth-order valence-corrected chi connectivity index (χ4v) is 3.91. The zero-order valence-corrected chi connectivity index (χ0v) is 12.6. The molecule has 1 aromatic rings. The minimum Gasteiger partial charge on any atom is -0.375 e. The number of anilines is 1. The van der Waals surface area contributed by atoms with Gasteiger partial charge in [0, 0.05) is 22.9 Å². The van der Waals surface area contributed by atoms with Gasteiger partial charge in [-0.25, -0.2) is 0 Å². The quantitative estimate of drug-likeness (QED) is 0.671. The van der Waals surface area contributed by atoms with E-state index in [0.717, 1.165) is 17.9 Å². The summed E-state index contributed by atoms with van der Waals surface area (Å²) in [5, 5.41) is 14.8. The Labute approximate surface area is 122 Å². The van der Waals surface area contributed by atoms with E-state index in [2.05, 4.69) is 19.2 Å². The summed E-state index contributed by atoms with van der Waals surface area (Å²) in [7, 11) is 0. The number of hydrogen-bond donors (Lipinski definition) is 1. The van der Waals surface area contributed by atoms with Crippen LogP contribution >= 0.6 is 23.4 Å². The number of nitrogens with zero attached hydrogens (tertiary/aromatic N) is 1. The molecule has 1 unspecified atom stereocenters. The van der Waals surface area contributed by atoms with Gasteiger partial charge in [-0.1, -0.05) is 25.4 Å². The second-order valence-electron chi connectivity index (χ2n) is 5.43. The molecular weight excluding hydrogens is 284 g/mol. The summed E-state index contributed by atoms with van der Waals surface area (Å²) >= 11 is 7.71. The molecule has 1 aliphatic rings. The molecule has 6 heteroatoms. The standard InChI is InChI=1S/C13H17ClN2O2S/c1-13(2)5-6-19-8-12(13)15-10-4-3-9(14)7-11(10)16(17)18/h3-4,7,12,15H,5-6,8H2,1-2H3. The minimum atomic E-state index is -0.392. The fraction of sp³-hybridized carbons (Fsp3) is 0.538. The van der Waals surface area contributed by atoms with E-state index in [4.69, 9.17) is 11.6 Å². The lowest BCUT2D eigenvalue weighted by Gasteiger charge is -2.39. The van der Waals surface area contributed by atoms with Crippen LogP contribution in [-0.4, -0.2) is 22.5 Å². The maximum atomic E-state index is 11.1. The zero-order chi connectivity index (χ0) is 14.0. The van der Waals surface area contributed by atoms with Crippen molar-refractivity contribution in [2.45, 2.75) is 26.3 Å². The monoisotopic (exact) mass is 300 g/mol. The summed E-state index contributed by atoms with van der Waals surface area (Å²) in [6.45, 7) is 4.40. The van der Waals surface area contributed by atoms with E-state index in [0.29, 0.717) is 10.7 Å². The van der Waals surface area contributed by atoms with Crippen molar-refractivity contribution in [3.05, 3.63) is 33.3 Å². The molecule has 0 radical (unpaired) electrons. The Morgan fingerprint density at radius 3 is 2.89 bits per heavy atom. The van der Waals surface area contributed by atoms with Crippen LogP contribution in [0.15, 0.2) is 18.2 Å². The predicted molar refractivity (Wildman–Crippen MR) is 81.2 cm³/mol. The number of benzene rings is 1. The first kappa shape index (κ1) is 14.5. The van der Waals surface area contributed by atoms with Crippen LogP contribution in [0.2, 0.25) is 5.02 Å². The van der Waals surface area contributed by atoms with Crippen molar-refractivity contribution in [1.82, 2.24) is 0 Å². The van der Waals surface area contributed by atoms with Crippen molar-refractivity contribution in [3.63, 3.8) is 0 Å². The maximum absolute atomic E-state index is 11.1. The lowest BCUT2D eigenvalue weighted by molar-refractivity contribution is -0.384. The smallest absolute Gasteiger partial charge is 0.293 e. The topological polar surface area (TPSA) is 55.2 Å². The van der Waals surface area contributed by atoms with Crippen LogP contribution in [0.4, 0.5) is 11.4 Å². The van der Waals surface area contributed by atoms with Gasteiger partial charge in [-0.15, -0.1) is 0 Å². The Bertz CT molecular complexity index is 494. The molecule has 1 aliphatic heterocycles. The molecule has 19 heavy (non-hydrogen) atoms. The molecule has 104 valence electrons. The number of rotatable bonds is 3. The van der Waals surface area contributed by atoms with Gasteiger partial charge in [0.05, 0.1) is 4.92 Å². The second-order valence-corrected chi connectivity index (χ2v) is 7.02. The van der Waals surface area contributed by atoms with E-state index in [-0.39, 0.29) is 17.1 Å². The van der Waals surface area contributed by atoms with Gasteiger partial charge in [0.15, 0.2) is 0 Å². The van der Waals surface area contributed by atoms with Crippen LogP contribution in [-0.2, 0) is 0 Å². The largest absolute Gasteiger partial charge is 0.375 e. The second kappa shape index (κ2) is 5.59. The maximum Gasteiger partial charge on any atom is 0.293 e. The fourth-order valence-electron chi connectivity index (χ4n) is 2.14. The summed E-state index contributed by atoms with van der Waals surface area (Å²) in [5.74, 6) is 2.11. The molecule has 1 heterocycles. The van der Waals surface area contributed by atoms with Crippen molar-refractivity contribution >= 4 is 34.7 Å². The van der Waals surface area contributed by atoms with Crippen LogP contribution in [0.25, 0.3) is 0 Å². The van der Waals surface area contributed by atoms with Gasteiger partial charge in [-0.2, -0.15) is 11.8 Å². The van der Waals surface area contributed by atoms with E-state index >= 15 is 0 Å². The molecule has 0 bridgehead atoms. The summed E-state index contributed by atoms with van der Waals surface area (Å²) in [6.07, 6.45) is 1.11. The number of nitrogens with one attached hydrogen (secondary N) is 1. The first-order chi connectivity index (χ1) is 8.90. The van der Waals surface area contributed by atoms with Crippen LogP contribution < -0.4 is 5.32 Å². The highest BCUT2D eigenvalue weighted by molar-refractivity contribution is 7.99. The first-order valence-corrected chi connectivity index (χ1v) is 7.71. The van der Waals surface area contributed by atoms with Crippen LogP contribution in [0, 0.1) is 15.5 Å². The number of halogens is 1. The third-order valence-electron chi connectivity index (χ3n) is 3.60. The molecule has 0 aromatic heterocycles. The van der Waals surface area contributed by atoms with E-state index in [1.165, 1.54) is 6.07 Å². The summed E-state index contributed by atoms with van der Waals surface area (Å²) < 4.78 is 0. The highest BCUT2D eigenvalue weighted by Gasteiger charge is 2.33. The van der Waals surface area contributed by atoms with Crippen LogP contribution in [0.3, 0.4) is 0 Å². The lowest BCUT2D eigenvalue weighted by Crippen LogP contribution is -2.41. The zero-order valence-electron chi connectivity index (χ0n) is 11.0. The van der Waals surface area contributed by atoms with Gasteiger partial charge >= 0.3 is 0 Å². The van der Waals surface area contributed by atoms with E-state index in [9.17, 15) is 10.1 Å². The van der Waals surface area contributed by atoms with E-state index in [1.54, 1.807) is 12.1 Å². The van der Waals surface area contributed by atoms with Crippen LogP contribution in [0.5, 0.6) is 0 Å². The summed E-state index contributed by atoms with van der Waals surface area (Å²) in [5.41, 5.74) is 0.729. The number of nitro groups is 1. The predicted octanol–water partition coefficient (Wildman–Crippen LogP) is 4.19. The highest BCUT2D eigenvalue weighted by atomic mass is 35.5. The van der Waals surface area contributed by atoms with E-state index in [1.807, 2.05) is 11.8 Å². The third-order valence-corrected chi connectivity index (χ3v) is 4.90. The molecule has 1 aromatic carbocycles. The molecule has 1 N–H and O–H groups in total. The first-order valence-electron chi connectivity index (χ1n) is 6.18. The third kappa shape index (κ3) is 3.34. The van der Waals surface area contributed by atoms with Crippen LogP contribution in [0.1, 0.15) is 20.3 Å². The normalized spacial score (nSPS) is 21.9. The van der Waals surface area contributed by atoms with Gasteiger partial charge in [-0.05, 0) is 29.7 Å². The molecule has 0 saturated carbocycles. The Morgan fingerprint density at radius 1 is 1.53 bits per heavy atom. The Hall–Kier alpha value is -0.940. The van der Waals surface area contributed by atoms with Crippen molar-refractivity contribution in [2.24, 2.45) is 5.41 Å². The minimum absolute atomic E-state index is 0.0406. The Kier molecular flexibility index (Phi) is 4.26. The molecule has 1 fully saturated rings. The molecule has 0 spiro atoms. The van der Waals surface area contributed by atoms with Crippen molar-refractivity contribution in [1.29, 1.82) is 0 Å². The number of thioether (sulfide) groups is 1. The van der Waals surface area contributed by atoms with Gasteiger partial charge in [-0.3, -0.25) is 10.1 Å². The molecule has 1 saturated heterocycles. The molecule has 0 amide bonds. The number of hydrogen-bond acceptors (Lipinski definition) is 4. The molecule has 1 atom stereocenters.